The Kier molecular flexibility index (Phi) is 6.78. The van der Waals surface area contributed by atoms with E-state index in [9.17, 15) is 10.1 Å². The maximum atomic E-state index is 13.1. The number of hydrogen-bond acceptors (Lipinski definition) is 3. The van der Waals surface area contributed by atoms with Crippen molar-refractivity contribution in [1.29, 1.82) is 5.26 Å². The van der Waals surface area contributed by atoms with Crippen LogP contribution in [0.4, 0.5) is 5.69 Å². The number of nitriles is 1. The van der Waals surface area contributed by atoms with Gasteiger partial charge in [-0.25, -0.2) is 0 Å². The molecule has 1 aliphatic rings. The zero-order valence-corrected chi connectivity index (χ0v) is 20.6. The van der Waals surface area contributed by atoms with E-state index in [-0.39, 0.29) is 12.5 Å². The molecule has 32 heavy (non-hydrogen) atoms. The predicted octanol–water partition coefficient (Wildman–Crippen LogP) is 6.96. The van der Waals surface area contributed by atoms with Gasteiger partial charge in [0.2, 0.25) is 0 Å². The lowest BCUT2D eigenvalue weighted by Crippen LogP contribution is -2.26. The van der Waals surface area contributed by atoms with Crippen LogP contribution in [-0.4, -0.2) is 12.5 Å². The van der Waals surface area contributed by atoms with E-state index in [2.05, 4.69) is 44.9 Å². The van der Waals surface area contributed by atoms with Gasteiger partial charge in [-0.15, -0.1) is 0 Å². The van der Waals surface area contributed by atoms with Gasteiger partial charge >= 0.3 is 0 Å². The molecule has 6 heteroatoms. The van der Waals surface area contributed by atoms with Gasteiger partial charge in [0.15, 0.2) is 0 Å². The Morgan fingerprint density at radius 1 is 1.06 bits per heavy atom. The first-order valence-corrected chi connectivity index (χ1v) is 11.8. The molecule has 0 fully saturated rings. The number of amides is 1. The maximum absolute atomic E-state index is 13.1. The van der Waals surface area contributed by atoms with Gasteiger partial charge in [-0.05, 0) is 74.2 Å². The minimum absolute atomic E-state index is 0.0220. The SMILES string of the molecule is CCCN1C(=O)/C(=C\c2cc(Br)c(OCc3ccccc3C#N)c(Br)c2)c2ccccc21. The van der Waals surface area contributed by atoms with E-state index in [1.54, 1.807) is 6.07 Å². The molecule has 3 aromatic carbocycles. The van der Waals surface area contributed by atoms with Gasteiger partial charge in [0.25, 0.3) is 5.91 Å². The molecule has 1 heterocycles. The van der Waals surface area contributed by atoms with Crippen molar-refractivity contribution in [2.45, 2.75) is 20.0 Å². The number of rotatable bonds is 6. The van der Waals surface area contributed by atoms with E-state index in [0.717, 1.165) is 37.7 Å². The van der Waals surface area contributed by atoms with Crippen LogP contribution in [-0.2, 0) is 11.4 Å². The van der Waals surface area contributed by atoms with Crippen molar-refractivity contribution in [1.82, 2.24) is 0 Å². The normalized spacial score (nSPS) is 13.9. The number of anilines is 1. The molecule has 0 N–H and O–H groups in total. The highest BCUT2D eigenvalue weighted by molar-refractivity contribution is 9.11. The molecule has 160 valence electrons. The van der Waals surface area contributed by atoms with Crippen molar-refractivity contribution in [2.75, 3.05) is 11.4 Å². The number of fused-ring (bicyclic) bond motifs is 1. The zero-order chi connectivity index (χ0) is 22.7. The lowest BCUT2D eigenvalue weighted by Gasteiger charge is -2.15. The van der Waals surface area contributed by atoms with Crippen LogP contribution in [0.2, 0.25) is 0 Å². The largest absolute Gasteiger partial charge is 0.486 e. The van der Waals surface area contributed by atoms with Crippen LogP contribution >= 0.6 is 31.9 Å². The predicted molar refractivity (Wildman–Crippen MR) is 134 cm³/mol. The second-order valence-corrected chi connectivity index (χ2v) is 9.11. The minimum atomic E-state index is 0.0220. The summed E-state index contributed by atoms with van der Waals surface area (Å²) in [6.07, 6.45) is 2.81. The van der Waals surface area contributed by atoms with Crippen molar-refractivity contribution in [2.24, 2.45) is 0 Å². The Hall–Kier alpha value is -2.88. The fraction of sp³-hybridized carbons (Fsp3) is 0.154. The third-order valence-electron chi connectivity index (χ3n) is 5.25. The first-order valence-electron chi connectivity index (χ1n) is 10.3. The van der Waals surface area contributed by atoms with E-state index in [0.29, 0.717) is 23.4 Å². The number of carbonyl (C=O) groups excluding carboxylic acids is 1. The molecule has 0 aromatic heterocycles. The minimum Gasteiger partial charge on any atom is -0.486 e. The second kappa shape index (κ2) is 9.72. The molecular formula is C26H20Br2N2O2. The molecule has 4 nitrogen and oxygen atoms in total. The van der Waals surface area contributed by atoms with Crippen LogP contribution in [0.3, 0.4) is 0 Å². The van der Waals surface area contributed by atoms with Crippen molar-refractivity contribution in [3.8, 4) is 11.8 Å². The van der Waals surface area contributed by atoms with Gasteiger partial charge in [-0.2, -0.15) is 5.26 Å². The van der Waals surface area contributed by atoms with Gasteiger partial charge in [0.05, 0.1) is 26.3 Å². The monoisotopic (exact) mass is 550 g/mol. The molecule has 0 atom stereocenters. The molecule has 1 amide bonds. The Labute approximate surface area is 204 Å². The van der Waals surface area contributed by atoms with Crippen LogP contribution in [0.25, 0.3) is 11.6 Å². The van der Waals surface area contributed by atoms with Gasteiger partial charge in [-0.3, -0.25) is 4.79 Å². The summed E-state index contributed by atoms with van der Waals surface area (Å²) in [5.74, 6) is 0.666. The first kappa shape index (κ1) is 22.3. The zero-order valence-electron chi connectivity index (χ0n) is 17.4. The Bertz CT molecular complexity index is 1240. The average Bonchev–Trinajstić information content (AvgIpc) is 3.05. The van der Waals surface area contributed by atoms with Crippen LogP contribution in [0.1, 0.15) is 35.6 Å². The molecule has 0 unspecified atom stereocenters. The van der Waals surface area contributed by atoms with Crippen molar-refractivity contribution >= 4 is 55.1 Å². The third kappa shape index (κ3) is 4.36. The van der Waals surface area contributed by atoms with Crippen molar-refractivity contribution < 1.29 is 9.53 Å². The Balaban J connectivity index is 1.63. The van der Waals surface area contributed by atoms with Gasteiger partial charge in [-0.1, -0.05) is 43.3 Å². The molecular weight excluding hydrogens is 532 g/mol. The summed E-state index contributed by atoms with van der Waals surface area (Å²) < 4.78 is 7.53. The quantitative estimate of drug-likeness (QED) is 0.311. The van der Waals surface area contributed by atoms with E-state index < -0.39 is 0 Å². The molecule has 1 aliphatic heterocycles. The Morgan fingerprint density at radius 3 is 2.47 bits per heavy atom. The van der Waals surface area contributed by atoms with Gasteiger partial charge in [0, 0.05) is 23.2 Å². The van der Waals surface area contributed by atoms with Crippen LogP contribution in [0.5, 0.6) is 5.75 Å². The molecule has 0 aliphatic carbocycles. The third-order valence-corrected chi connectivity index (χ3v) is 6.43. The topological polar surface area (TPSA) is 53.3 Å². The molecule has 0 spiro atoms. The molecule has 0 bridgehead atoms. The fourth-order valence-corrected chi connectivity index (χ4v) is 5.22. The molecule has 4 rings (SSSR count). The second-order valence-electron chi connectivity index (χ2n) is 7.40. The van der Waals surface area contributed by atoms with E-state index in [4.69, 9.17) is 4.74 Å². The van der Waals surface area contributed by atoms with Crippen LogP contribution in [0.15, 0.2) is 69.6 Å². The highest BCUT2D eigenvalue weighted by Gasteiger charge is 2.31. The summed E-state index contributed by atoms with van der Waals surface area (Å²) in [6.45, 7) is 3.04. The highest BCUT2D eigenvalue weighted by Crippen LogP contribution is 2.40. The molecule has 0 saturated carbocycles. The maximum Gasteiger partial charge on any atom is 0.258 e. The number of carbonyl (C=O) groups is 1. The molecule has 0 saturated heterocycles. The fourth-order valence-electron chi connectivity index (χ4n) is 3.76. The number of hydrogen-bond donors (Lipinski definition) is 0. The highest BCUT2D eigenvalue weighted by atomic mass is 79.9. The average molecular weight is 552 g/mol. The van der Waals surface area contributed by atoms with Crippen molar-refractivity contribution in [3.63, 3.8) is 0 Å². The summed E-state index contributed by atoms with van der Waals surface area (Å²) in [5.41, 5.74) is 4.89. The number of benzene rings is 3. The van der Waals surface area contributed by atoms with Crippen LogP contribution < -0.4 is 9.64 Å². The van der Waals surface area contributed by atoms with Gasteiger partial charge in [0.1, 0.15) is 12.4 Å². The summed E-state index contributed by atoms with van der Waals surface area (Å²) in [7, 11) is 0. The van der Waals surface area contributed by atoms with Gasteiger partial charge < -0.3 is 9.64 Å². The number of nitrogens with zero attached hydrogens (tertiary/aromatic N) is 2. The smallest absolute Gasteiger partial charge is 0.258 e. The summed E-state index contributed by atoms with van der Waals surface area (Å²) >= 11 is 7.19. The summed E-state index contributed by atoms with van der Waals surface area (Å²) in [4.78, 5) is 14.9. The van der Waals surface area contributed by atoms with E-state index >= 15 is 0 Å². The van der Waals surface area contributed by atoms with E-state index in [1.807, 2.05) is 65.6 Å². The molecule has 3 aromatic rings. The van der Waals surface area contributed by atoms with Crippen LogP contribution in [0, 0.1) is 11.3 Å². The first-order chi connectivity index (χ1) is 15.5. The Morgan fingerprint density at radius 2 is 1.75 bits per heavy atom. The summed E-state index contributed by atoms with van der Waals surface area (Å²) in [5, 5.41) is 9.28. The van der Waals surface area contributed by atoms with E-state index in [1.165, 1.54) is 0 Å². The number of ether oxygens (including phenoxy) is 1. The lowest BCUT2D eigenvalue weighted by atomic mass is 10.0. The number of para-hydroxylation sites is 1. The lowest BCUT2D eigenvalue weighted by molar-refractivity contribution is -0.113. The molecule has 0 radical (unpaired) electrons. The standard InChI is InChI=1S/C26H20Br2N2O2/c1-2-11-30-24-10-6-5-9-20(24)21(26(30)31)12-17-13-22(27)25(23(28)14-17)32-16-19-8-4-3-7-18(19)15-29/h3-10,12-14H,2,11,16H2,1H3/b21-12-. The summed E-state index contributed by atoms with van der Waals surface area (Å²) in [6, 6.07) is 21.3. The number of halogens is 2. The van der Waals surface area contributed by atoms with Crippen molar-refractivity contribution in [3.05, 3.63) is 91.9 Å².